The zero-order valence-electron chi connectivity index (χ0n) is 19.4. The maximum Gasteiger partial charge on any atom is 0.326 e. The molecule has 0 aliphatic carbocycles. The molecule has 0 spiro atoms. The van der Waals surface area contributed by atoms with E-state index >= 15 is 0 Å². The number of amides is 3. The maximum absolute atomic E-state index is 13.1. The standard InChI is InChI=1S/C21H32N6O7S/c1-35-8-6-15(20(32)27-7-2-3-16(27)21(33)34)26-19(31)14(4-5-17(28)29)25-18(30)13(22)9-12-10-23-11-24-12/h10-11,13-16H,2-9,22H2,1H3,(H,23,24)(H,25,30)(H,26,31)(H,28,29)(H,33,34). The summed E-state index contributed by atoms with van der Waals surface area (Å²) in [6.45, 7) is 0.267. The predicted molar refractivity (Wildman–Crippen MR) is 126 cm³/mol. The number of likely N-dealkylation sites (tertiary alicyclic amines) is 1. The number of hydrogen-bond donors (Lipinski definition) is 6. The summed E-state index contributed by atoms with van der Waals surface area (Å²) in [6.07, 6.45) is 5.40. The van der Waals surface area contributed by atoms with E-state index < -0.39 is 60.2 Å². The van der Waals surface area contributed by atoms with E-state index in [1.807, 2.05) is 6.26 Å². The number of aliphatic carboxylic acids is 2. The van der Waals surface area contributed by atoms with Gasteiger partial charge in [-0.3, -0.25) is 19.2 Å². The number of thioether (sulfide) groups is 1. The molecule has 4 unspecified atom stereocenters. The van der Waals surface area contributed by atoms with Crippen LogP contribution in [0.3, 0.4) is 0 Å². The van der Waals surface area contributed by atoms with Crippen LogP contribution >= 0.6 is 11.8 Å². The minimum atomic E-state index is -1.25. The number of nitrogens with zero attached hydrogens (tertiary/aromatic N) is 2. The third-order valence-electron chi connectivity index (χ3n) is 5.66. The highest BCUT2D eigenvalue weighted by atomic mass is 32.2. The van der Waals surface area contributed by atoms with Gasteiger partial charge in [0, 0.05) is 31.3 Å². The molecule has 14 heteroatoms. The highest BCUT2D eigenvalue weighted by Crippen LogP contribution is 2.20. The van der Waals surface area contributed by atoms with Crippen LogP contribution in [0.25, 0.3) is 0 Å². The normalized spacial score (nSPS) is 17.9. The van der Waals surface area contributed by atoms with E-state index in [9.17, 15) is 29.1 Å². The molecule has 1 aliphatic heterocycles. The van der Waals surface area contributed by atoms with Gasteiger partial charge in [-0.05, 0) is 37.7 Å². The van der Waals surface area contributed by atoms with Crippen LogP contribution in [-0.4, -0.2) is 97.5 Å². The molecule has 194 valence electrons. The Morgan fingerprint density at radius 2 is 1.91 bits per heavy atom. The lowest BCUT2D eigenvalue weighted by Crippen LogP contribution is -2.57. The second-order valence-corrected chi connectivity index (χ2v) is 9.24. The Labute approximate surface area is 206 Å². The van der Waals surface area contributed by atoms with Crippen molar-refractivity contribution in [3.05, 3.63) is 18.2 Å². The summed E-state index contributed by atoms with van der Waals surface area (Å²) in [7, 11) is 0. The van der Waals surface area contributed by atoms with Crippen molar-refractivity contribution in [3.8, 4) is 0 Å². The number of aromatic nitrogens is 2. The zero-order valence-corrected chi connectivity index (χ0v) is 20.3. The van der Waals surface area contributed by atoms with Crippen molar-refractivity contribution < 1.29 is 34.2 Å². The lowest BCUT2D eigenvalue weighted by atomic mass is 10.1. The molecule has 7 N–H and O–H groups in total. The first-order valence-corrected chi connectivity index (χ1v) is 12.6. The number of nitrogens with one attached hydrogen (secondary N) is 3. The lowest BCUT2D eigenvalue weighted by Gasteiger charge is -2.29. The second kappa shape index (κ2) is 13.7. The zero-order chi connectivity index (χ0) is 26.0. The third-order valence-corrected chi connectivity index (χ3v) is 6.30. The first-order chi connectivity index (χ1) is 16.6. The van der Waals surface area contributed by atoms with Crippen molar-refractivity contribution in [2.45, 2.75) is 62.7 Å². The number of rotatable bonds is 14. The molecule has 3 amide bonds. The number of carbonyl (C=O) groups is 5. The van der Waals surface area contributed by atoms with Crippen molar-refractivity contribution in [3.63, 3.8) is 0 Å². The molecule has 2 rings (SSSR count). The van der Waals surface area contributed by atoms with Gasteiger partial charge >= 0.3 is 11.9 Å². The van der Waals surface area contributed by atoms with E-state index in [-0.39, 0.29) is 25.8 Å². The average molecular weight is 513 g/mol. The summed E-state index contributed by atoms with van der Waals surface area (Å²) in [6, 6.07) is -4.24. The molecule has 2 heterocycles. The van der Waals surface area contributed by atoms with E-state index in [2.05, 4.69) is 20.6 Å². The monoisotopic (exact) mass is 512 g/mol. The Morgan fingerprint density at radius 3 is 2.51 bits per heavy atom. The van der Waals surface area contributed by atoms with Crippen LogP contribution in [0.15, 0.2) is 12.5 Å². The van der Waals surface area contributed by atoms with Crippen molar-refractivity contribution in [2.24, 2.45) is 5.73 Å². The fraction of sp³-hybridized carbons (Fsp3) is 0.619. The Morgan fingerprint density at radius 1 is 1.20 bits per heavy atom. The summed E-state index contributed by atoms with van der Waals surface area (Å²) >= 11 is 1.45. The van der Waals surface area contributed by atoms with E-state index in [0.29, 0.717) is 24.3 Å². The molecular weight excluding hydrogens is 480 g/mol. The topological polar surface area (TPSA) is 208 Å². The number of imidazole rings is 1. The van der Waals surface area contributed by atoms with E-state index in [0.717, 1.165) is 0 Å². The molecule has 1 aromatic heterocycles. The van der Waals surface area contributed by atoms with Gasteiger partial charge in [0.05, 0.1) is 12.4 Å². The van der Waals surface area contributed by atoms with Crippen LogP contribution in [0.1, 0.15) is 37.8 Å². The number of hydrogen-bond acceptors (Lipinski definition) is 8. The van der Waals surface area contributed by atoms with Gasteiger partial charge in [0.15, 0.2) is 0 Å². The van der Waals surface area contributed by atoms with Gasteiger partial charge in [0.2, 0.25) is 17.7 Å². The van der Waals surface area contributed by atoms with Crippen LogP contribution in [0.2, 0.25) is 0 Å². The number of aromatic amines is 1. The van der Waals surface area contributed by atoms with Gasteiger partial charge in [0.25, 0.3) is 0 Å². The number of H-pyrrole nitrogens is 1. The lowest BCUT2D eigenvalue weighted by molar-refractivity contribution is -0.149. The SMILES string of the molecule is CSCCC(NC(=O)C(CCC(=O)O)NC(=O)C(N)Cc1cnc[nH]1)C(=O)N1CCCC1C(=O)O. The highest BCUT2D eigenvalue weighted by molar-refractivity contribution is 7.98. The molecule has 1 aliphatic rings. The predicted octanol–water partition coefficient (Wildman–Crippen LogP) is -1.06. The van der Waals surface area contributed by atoms with Gasteiger partial charge in [-0.1, -0.05) is 0 Å². The molecule has 4 atom stereocenters. The van der Waals surface area contributed by atoms with Crippen LogP contribution < -0.4 is 16.4 Å². The molecule has 0 radical (unpaired) electrons. The number of carboxylic acids is 2. The van der Waals surface area contributed by atoms with Crippen LogP contribution in [0, 0.1) is 0 Å². The maximum atomic E-state index is 13.1. The van der Waals surface area contributed by atoms with Gasteiger partial charge < -0.3 is 36.5 Å². The second-order valence-electron chi connectivity index (χ2n) is 8.25. The molecule has 0 aromatic carbocycles. The van der Waals surface area contributed by atoms with Crippen molar-refractivity contribution in [1.29, 1.82) is 0 Å². The third kappa shape index (κ3) is 8.55. The van der Waals surface area contributed by atoms with Crippen LogP contribution in [-0.2, 0) is 30.4 Å². The largest absolute Gasteiger partial charge is 0.481 e. The summed E-state index contributed by atoms with van der Waals surface area (Å²) in [5.41, 5.74) is 6.54. The van der Waals surface area contributed by atoms with E-state index in [1.54, 1.807) is 0 Å². The summed E-state index contributed by atoms with van der Waals surface area (Å²) in [5, 5.41) is 23.6. The van der Waals surface area contributed by atoms with E-state index in [1.165, 1.54) is 29.2 Å². The number of carbonyl (C=O) groups excluding carboxylic acids is 3. The van der Waals surface area contributed by atoms with Crippen molar-refractivity contribution in [2.75, 3.05) is 18.6 Å². The fourth-order valence-electron chi connectivity index (χ4n) is 3.79. The van der Waals surface area contributed by atoms with Crippen molar-refractivity contribution >= 4 is 41.4 Å². The average Bonchev–Trinajstić information content (AvgIpc) is 3.50. The molecule has 1 aromatic rings. The Balaban J connectivity index is 2.12. The molecular formula is C21H32N6O7S. The first-order valence-electron chi connectivity index (χ1n) is 11.2. The molecule has 1 fully saturated rings. The Hall–Kier alpha value is -3.13. The van der Waals surface area contributed by atoms with Crippen LogP contribution in [0.5, 0.6) is 0 Å². The van der Waals surface area contributed by atoms with Crippen LogP contribution in [0.4, 0.5) is 0 Å². The Kier molecular flexibility index (Phi) is 11.0. The highest BCUT2D eigenvalue weighted by Gasteiger charge is 2.38. The van der Waals surface area contributed by atoms with Gasteiger partial charge in [-0.2, -0.15) is 11.8 Å². The first kappa shape index (κ1) is 28.1. The fourth-order valence-corrected chi connectivity index (χ4v) is 4.27. The summed E-state index contributed by atoms with van der Waals surface area (Å²) < 4.78 is 0. The molecule has 1 saturated heterocycles. The molecule has 0 saturated carbocycles. The smallest absolute Gasteiger partial charge is 0.326 e. The van der Waals surface area contributed by atoms with Gasteiger partial charge in [0.1, 0.15) is 18.1 Å². The quantitative estimate of drug-likeness (QED) is 0.178. The minimum Gasteiger partial charge on any atom is -0.481 e. The summed E-state index contributed by atoms with van der Waals surface area (Å²) in [5.74, 6) is -3.67. The van der Waals surface area contributed by atoms with E-state index in [4.69, 9.17) is 10.8 Å². The van der Waals surface area contributed by atoms with Gasteiger partial charge in [-0.15, -0.1) is 0 Å². The van der Waals surface area contributed by atoms with Gasteiger partial charge in [-0.25, -0.2) is 9.78 Å². The Bertz CT molecular complexity index is 897. The number of carboxylic acid groups (broad SMARTS) is 2. The molecule has 13 nitrogen and oxygen atoms in total. The molecule has 35 heavy (non-hydrogen) atoms. The summed E-state index contributed by atoms with van der Waals surface area (Å²) in [4.78, 5) is 69.3. The molecule has 0 bridgehead atoms. The van der Waals surface area contributed by atoms with Crippen molar-refractivity contribution in [1.82, 2.24) is 25.5 Å². The number of nitrogens with two attached hydrogens (primary N) is 1. The minimum absolute atomic E-state index is 0.124.